The molecule has 1 aliphatic rings. The molecule has 0 atom stereocenters. The van der Waals surface area contributed by atoms with Gasteiger partial charge in [-0.15, -0.1) is 0 Å². The van der Waals surface area contributed by atoms with Crippen LogP contribution in [0.3, 0.4) is 0 Å². The molecule has 0 aliphatic carbocycles. The first kappa shape index (κ1) is 28.2. The van der Waals surface area contributed by atoms with E-state index in [1.807, 2.05) is 36.4 Å². The van der Waals surface area contributed by atoms with Crippen molar-refractivity contribution in [2.24, 2.45) is 0 Å². The first-order valence-electron chi connectivity index (χ1n) is 13.0. The standard InChI is InChI=1S/C31H29Cl2N3O3S/c32-27-17-10-18-28(30(27)33)36(40(38,39)26-15-8-3-9-16-26)23-29(37)34-19-21-35(22-20-34)31(24-11-4-1-5-12-24)25-13-6-2-7-14-25/h1-18,31H,19-23H2. The van der Waals surface area contributed by atoms with E-state index < -0.39 is 16.6 Å². The normalized spacial score (nSPS) is 14.3. The molecule has 1 saturated heterocycles. The molecule has 0 unspecified atom stereocenters. The van der Waals surface area contributed by atoms with Crippen molar-refractivity contribution in [1.82, 2.24) is 9.80 Å². The Labute approximate surface area is 245 Å². The van der Waals surface area contributed by atoms with E-state index in [0.717, 1.165) is 4.31 Å². The summed E-state index contributed by atoms with van der Waals surface area (Å²) in [6.45, 7) is 1.83. The van der Waals surface area contributed by atoms with Crippen molar-refractivity contribution in [3.05, 3.63) is 130 Å². The largest absolute Gasteiger partial charge is 0.339 e. The molecule has 1 heterocycles. The lowest BCUT2D eigenvalue weighted by molar-refractivity contribution is -0.131. The van der Waals surface area contributed by atoms with Gasteiger partial charge in [-0.1, -0.05) is 108 Å². The van der Waals surface area contributed by atoms with Gasteiger partial charge in [-0.05, 0) is 35.4 Å². The number of amides is 1. The second-order valence-corrected chi connectivity index (χ2v) is 12.2. The Bertz CT molecular complexity index is 1510. The fourth-order valence-corrected chi connectivity index (χ4v) is 6.94. The van der Waals surface area contributed by atoms with Crippen LogP contribution < -0.4 is 4.31 Å². The summed E-state index contributed by atoms with van der Waals surface area (Å²) < 4.78 is 28.5. The fraction of sp³-hybridized carbons (Fsp3) is 0.194. The Morgan fingerprint density at radius 2 is 1.25 bits per heavy atom. The van der Waals surface area contributed by atoms with Crippen molar-refractivity contribution in [3.8, 4) is 0 Å². The van der Waals surface area contributed by atoms with Gasteiger partial charge in [-0.3, -0.25) is 14.0 Å². The third-order valence-corrected chi connectivity index (χ3v) is 9.66. The van der Waals surface area contributed by atoms with Crippen LogP contribution >= 0.6 is 23.2 Å². The van der Waals surface area contributed by atoms with Gasteiger partial charge < -0.3 is 4.90 Å². The minimum absolute atomic E-state index is 0.0554. The number of rotatable bonds is 8. The molecule has 9 heteroatoms. The molecule has 4 aromatic rings. The first-order valence-corrected chi connectivity index (χ1v) is 15.2. The molecule has 1 aliphatic heterocycles. The third kappa shape index (κ3) is 6.03. The number of hydrogen-bond donors (Lipinski definition) is 0. The van der Waals surface area contributed by atoms with Gasteiger partial charge in [0.1, 0.15) is 6.54 Å². The number of sulfonamides is 1. The minimum Gasteiger partial charge on any atom is -0.339 e. The van der Waals surface area contributed by atoms with Gasteiger partial charge in [0, 0.05) is 26.2 Å². The lowest BCUT2D eigenvalue weighted by Gasteiger charge is -2.40. The highest BCUT2D eigenvalue weighted by Gasteiger charge is 2.33. The van der Waals surface area contributed by atoms with Crippen molar-refractivity contribution >= 4 is 44.8 Å². The topological polar surface area (TPSA) is 60.9 Å². The van der Waals surface area contributed by atoms with Gasteiger partial charge in [0.05, 0.1) is 26.7 Å². The van der Waals surface area contributed by atoms with Crippen LogP contribution in [0.2, 0.25) is 10.0 Å². The summed E-state index contributed by atoms with van der Waals surface area (Å²) in [7, 11) is -4.09. The van der Waals surface area contributed by atoms with Crippen LogP contribution in [-0.2, 0) is 14.8 Å². The Hall–Kier alpha value is -3.36. The summed E-state index contributed by atoms with van der Waals surface area (Å²) in [5, 5.41) is 0.288. The maximum Gasteiger partial charge on any atom is 0.264 e. The van der Waals surface area contributed by atoms with Gasteiger partial charge in [0.25, 0.3) is 10.0 Å². The Balaban J connectivity index is 1.37. The summed E-state index contributed by atoms with van der Waals surface area (Å²) in [5.41, 5.74) is 2.53. The summed E-state index contributed by atoms with van der Waals surface area (Å²) in [6, 6.07) is 33.5. The van der Waals surface area contributed by atoms with Gasteiger partial charge in [0.2, 0.25) is 5.91 Å². The quantitative estimate of drug-likeness (QED) is 0.247. The van der Waals surface area contributed by atoms with E-state index in [1.165, 1.54) is 23.3 Å². The number of carbonyl (C=O) groups excluding carboxylic acids is 1. The van der Waals surface area contributed by atoms with E-state index in [2.05, 4.69) is 29.2 Å². The monoisotopic (exact) mass is 593 g/mol. The van der Waals surface area contributed by atoms with Crippen molar-refractivity contribution in [2.75, 3.05) is 37.0 Å². The van der Waals surface area contributed by atoms with Crippen LogP contribution in [0.4, 0.5) is 5.69 Å². The highest BCUT2D eigenvalue weighted by Crippen LogP contribution is 2.36. The second-order valence-electron chi connectivity index (χ2n) is 9.54. The maximum atomic E-state index is 13.7. The van der Waals surface area contributed by atoms with Crippen LogP contribution in [0.15, 0.2) is 114 Å². The molecule has 206 valence electrons. The zero-order valence-electron chi connectivity index (χ0n) is 21.7. The van der Waals surface area contributed by atoms with Crippen molar-refractivity contribution < 1.29 is 13.2 Å². The molecule has 0 bridgehead atoms. The summed E-state index contributed by atoms with van der Waals surface area (Å²) >= 11 is 12.7. The SMILES string of the molecule is O=C(CN(c1cccc(Cl)c1Cl)S(=O)(=O)c1ccccc1)N1CCN(C(c2ccccc2)c2ccccc2)CC1. The molecule has 1 amide bonds. The van der Waals surface area contributed by atoms with E-state index in [-0.39, 0.29) is 32.6 Å². The first-order chi connectivity index (χ1) is 19.4. The highest BCUT2D eigenvalue weighted by molar-refractivity contribution is 7.92. The van der Waals surface area contributed by atoms with E-state index >= 15 is 0 Å². The van der Waals surface area contributed by atoms with Crippen LogP contribution in [-0.4, -0.2) is 56.8 Å². The lowest BCUT2D eigenvalue weighted by Crippen LogP contribution is -2.52. The van der Waals surface area contributed by atoms with E-state index in [9.17, 15) is 13.2 Å². The number of hydrogen-bond acceptors (Lipinski definition) is 4. The molecule has 0 N–H and O–H groups in total. The van der Waals surface area contributed by atoms with Gasteiger partial charge in [0.15, 0.2) is 0 Å². The average molecular weight is 595 g/mol. The van der Waals surface area contributed by atoms with Crippen molar-refractivity contribution in [2.45, 2.75) is 10.9 Å². The fourth-order valence-electron chi connectivity index (χ4n) is 5.04. The molecule has 6 nitrogen and oxygen atoms in total. The molecular formula is C31H29Cl2N3O3S. The van der Waals surface area contributed by atoms with Crippen LogP contribution in [0, 0.1) is 0 Å². The Kier molecular flexibility index (Phi) is 8.76. The minimum atomic E-state index is -4.09. The number of piperazine rings is 1. The number of carbonyl (C=O) groups is 1. The maximum absolute atomic E-state index is 13.7. The molecule has 0 aromatic heterocycles. The molecule has 0 saturated carbocycles. The van der Waals surface area contributed by atoms with Crippen LogP contribution in [0.1, 0.15) is 17.2 Å². The average Bonchev–Trinajstić information content (AvgIpc) is 2.99. The van der Waals surface area contributed by atoms with Crippen LogP contribution in [0.5, 0.6) is 0 Å². The van der Waals surface area contributed by atoms with Gasteiger partial charge >= 0.3 is 0 Å². The number of anilines is 1. The number of benzene rings is 4. The smallest absolute Gasteiger partial charge is 0.264 e. The molecule has 1 fully saturated rings. The van der Waals surface area contributed by atoms with Gasteiger partial charge in [-0.25, -0.2) is 8.42 Å². The van der Waals surface area contributed by atoms with Gasteiger partial charge in [-0.2, -0.15) is 0 Å². The predicted molar refractivity (Wildman–Crippen MR) is 160 cm³/mol. The van der Waals surface area contributed by atoms with E-state index in [1.54, 1.807) is 41.3 Å². The molecular weight excluding hydrogens is 565 g/mol. The second kappa shape index (κ2) is 12.4. The molecule has 40 heavy (non-hydrogen) atoms. The van der Waals surface area contributed by atoms with E-state index in [0.29, 0.717) is 26.2 Å². The number of halogens is 2. The molecule has 0 radical (unpaired) electrons. The van der Waals surface area contributed by atoms with Crippen LogP contribution in [0.25, 0.3) is 0 Å². The molecule has 4 aromatic carbocycles. The van der Waals surface area contributed by atoms with Crippen molar-refractivity contribution in [1.29, 1.82) is 0 Å². The summed E-state index contributed by atoms with van der Waals surface area (Å²) in [4.78, 5) is 17.7. The zero-order valence-corrected chi connectivity index (χ0v) is 24.1. The molecule has 0 spiro atoms. The van der Waals surface area contributed by atoms with E-state index in [4.69, 9.17) is 23.2 Å². The third-order valence-electron chi connectivity index (χ3n) is 7.07. The zero-order chi connectivity index (χ0) is 28.1. The summed E-state index contributed by atoms with van der Waals surface area (Å²) in [6.07, 6.45) is 0. The summed E-state index contributed by atoms with van der Waals surface area (Å²) in [5.74, 6) is -0.300. The lowest BCUT2D eigenvalue weighted by atomic mass is 9.96. The molecule has 5 rings (SSSR count). The Morgan fingerprint density at radius 1 is 0.725 bits per heavy atom. The highest BCUT2D eigenvalue weighted by atomic mass is 35.5. The number of nitrogens with zero attached hydrogens (tertiary/aromatic N) is 3. The Morgan fingerprint density at radius 3 is 1.80 bits per heavy atom. The van der Waals surface area contributed by atoms with Crippen molar-refractivity contribution in [3.63, 3.8) is 0 Å². The predicted octanol–water partition coefficient (Wildman–Crippen LogP) is 6.12.